The van der Waals surface area contributed by atoms with Crippen molar-refractivity contribution >= 4 is 23.5 Å². The van der Waals surface area contributed by atoms with Crippen molar-refractivity contribution in [2.45, 2.75) is 57.6 Å². The molecule has 1 amide bonds. The van der Waals surface area contributed by atoms with Gasteiger partial charge >= 0.3 is 5.97 Å². The van der Waals surface area contributed by atoms with Crippen molar-refractivity contribution in [2.24, 2.45) is 16.5 Å². The van der Waals surface area contributed by atoms with E-state index >= 15 is 0 Å². The average molecular weight is 405 g/mol. The van der Waals surface area contributed by atoms with Crippen molar-refractivity contribution in [1.29, 1.82) is 0 Å². The van der Waals surface area contributed by atoms with Gasteiger partial charge in [0, 0.05) is 6.54 Å². The summed E-state index contributed by atoms with van der Waals surface area (Å²) in [5.74, 6) is -0.522. The van der Waals surface area contributed by atoms with Gasteiger partial charge in [0.25, 0.3) is 5.91 Å². The zero-order valence-corrected chi connectivity index (χ0v) is 16.8. The van der Waals surface area contributed by atoms with Crippen LogP contribution in [0.15, 0.2) is 23.2 Å². The maximum Gasteiger partial charge on any atom is 0.321 e. The third-order valence-electron chi connectivity index (χ3n) is 4.69. The fraction of sp³-hybridized carbons (Fsp3) is 0.550. The van der Waals surface area contributed by atoms with Crippen LogP contribution in [0.4, 0.5) is 5.69 Å². The number of amides is 1. The Hall–Kier alpha value is -2.81. The van der Waals surface area contributed by atoms with Gasteiger partial charge in [0.1, 0.15) is 11.8 Å². The van der Waals surface area contributed by atoms with E-state index in [-0.39, 0.29) is 11.9 Å². The summed E-state index contributed by atoms with van der Waals surface area (Å²) in [5, 5.41) is 15.4. The molecule has 0 fully saturated rings. The lowest BCUT2D eigenvalue weighted by molar-refractivity contribution is -0.139. The molecular weight excluding hydrogens is 374 g/mol. The Bertz CT molecular complexity index is 734. The van der Waals surface area contributed by atoms with E-state index in [1.165, 1.54) is 0 Å². The number of aliphatic carboxylic acids is 1. The third kappa shape index (κ3) is 7.26. The number of ether oxygens (including phenoxy) is 1. The lowest BCUT2D eigenvalue weighted by Gasteiger charge is -2.26. The maximum atomic E-state index is 12.3. The van der Waals surface area contributed by atoms with Crippen LogP contribution in [0.2, 0.25) is 0 Å². The molecule has 1 aromatic carbocycles. The monoisotopic (exact) mass is 405 g/mol. The molecule has 0 aliphatic carbocycles. The fourth-order valence-corrected chi connectivity index (χ4v) is 3.13. The zero-order valence-electron chi connectivity index (χ0n) is 16.8. The molecule has 160 valence electrons. The summed E-state index contributed by atoms with van der Waals surface area (Å²) in [7, 11) is 0. The lowest BCUT2D eigenvalue weighted by atomic mass is 10.0. The topological polar surface area (TPSA) is 152 Å². The lowest BCUT2D eigenvalue weighted by Crippen LogP contribution is -2.39. The molecule has 0 radical (unpaired) electrons. The number of aliphatic imine (C=N–C) groups is 1. The van der Waals surface area contributed by atoms with Crippen LogP contribution in [0.5, 0.6) is 5.75 Å². The predicted octanol–water partition coefficient (Wildman–Crippen LogP) is 1.22. The number of anilines is 1. The molecule has 2 atom stereocenters. The van der Waals surface area contributed by atoms with E-state index in [0.29, 0.717) is 43.8 Å². The van der Waals surface area contributed by atoms with Crippen LogP contribution in [0.3, 0.4) is 0 Å². The van der Waals surface area contributed by atoms with Gasteiger partial charge in [0.15, 0.2) is 12.1 Å². The normalized spacial score (nSPS) is 16.3. The highest BCUT2D eigenvalue weighted by Crippen LogP contribution is 2.32. The number of rotatable bonds is 12. The molecule has 1 aliphatic heterocycles. The van der Waals surface area contributed by atoms with Crippen molar-refractivity contribution < 1.29 is 19.4 Å². The van der Waals surface area contributed by atoms with Crippen LogP contribution in [0.25, 0.3) is 0 Å². The van der Waals surface area contributed by atoms with Crippen molar-refractivity contribution in [3.05, 3.63) is 23.8 Å². The minimum absolute atomic E-state index is 0.0245. The molecule has 1 heterocycles. The van der Waals surface area contributed by atoms with Crippen LogP contribution >= 0.6 is 0 Å². The number of hydrogen-bond donors (Lipinski definition) is 5. The number of nitrogens with one attached hydrogen (secondary N) is 2. The second kappa shape index (κ2) is 11.3. The molecule has 9 heteroatoms. The number of carboxylic acids is 1. The smallest absolute Gasteiger partial charge is 0.321 e. The Kier molecular flexibility index (Phi) is 8.72. The Labute approximate surface area is 170 Å². The number of unbranched alkanes of at least 4 members (excludes halogenated alkanes) is 2. The quantitative estimate of drug-likeness (QED) is 0.199. The van der Waals surface area contributed by atoms with E-state index in [2.05, 4.69) is 22.5 Å². The summed E-state index contributed by atoms with van der Waals surface area (Å²) in [5.41, 5.74) is 11.9. The average Bonchev–Trinajstić information content (AvgIpc) is 2.67. The molecule has 0 bridgehead atoms. The molecule has 1 unspecified atom stereocenters. The van der Waals surface area contributed by atoms with Crippen molar-refractivity contribution in [2.75, 3.05) is 18.4 Å². The van der Waals surface area contributed by atoms with Crippen LogP contribution in [0.1, 0.15) is 44.6 Å². The number of benzene rings is 1. The van der Waals surface area contributed by atoms with Crippen LogP contribution in [0, 0.1) is 0 Å². The van der Waals surface area contributed by atoms with Crippen LogP contribution in [-0.4, -0.2) is 48.2 Å². The van der Waals surface area contributed by atoms with Gasteiger partial charge in [-0.25, -0.2) is 0 Å². The van der Waals surface area contributed by atoms with E-state index in [9.17, 15) is 14.7 Å². The first-order chi connectivity index (χ1) is 13.9. The second-order valence-corrected chi connectivity index (χ2v) is 7.13. The zero-order chi connectivity index (χ0) is 21.2. The SMILES string of the molecule is CCCCCN[C@@H](Cc1ccc2c(c1)NC(=O)C(CCCN=C(N)N)O2)C(=O)O. The van der Waals surface area contributed by atoms with Crippen molar-refractivity contribution in [1.82, 2.24) is 5.32 Å². The highest BCUT2D eigenvalue weighted by atomic mass is 16.5. The summed E-state index contributed by atoms with van der Waals surface area (Å²) < 4.78 is 5.80. The number of carboxylic acid groups (broad SMARTS) is 1. The number of carbonyl (C=O) groups excluding carboxylic acids is 1. The first-order valence-electron chi connectivity index (χ1n) is 10.0. The Morgan fingerprint density at radius 3 is 2.83 bits per heavy atom. The molecule has 1 aromatic rings. The standard InChI is InChI=1S/C20H31N5O4/c1-2-3-4-9-23-15(19(27)28)12-13-7-8-16-14(11-13)25-18(26)17(29-16)6-5-10-24-20(21)22/h7-8,11,15,17,23H,2-6,9-10,12H2,1H3,(H,25,26)(H,27,28)(H4,21,22,24)/t15-,17?/m0/s1. The van der Waals surface area contributed by atoms with E-state index in [0.717, 1.165) is 24.8 Å². The van der Waals surface area contributed by atoms with Crippen LogP contribution < -0.4 is 26.8 Å². The number of nitrogens with zero attached hydrogens (tertiary/aromatic N) is 1. The van der Waals surface area contributed by atoms with Gasteiger partial charge in [-0.3, -0.25) is 14.6 Å². The molecule has 0 spiro atoms. The fourth-order valence-electron chi connectivity index (χ4n) is 3.13. The van der Waals surface area contributed by atoms with Gasteiger partial charge in [-0.05, 0) is 49.9 Å². The summed E-state index contributed by atoms with van der Waals surface area (Å²) in [4.78, 5) is 27.7. The van der Waals surface area contributed by atoms with E-state index in [1.807, 2.05) is 6.07 Å². The van der Waals surface area contributed by atoms with Gasteiger partial charge < -0.3 is 31.9 Å². The van der Waals surface area contributed by atoms with Crippen molar-refractivity contribution in [3.8, 4) is 5.75 Å². The molecular formula is C20H31N5O4. The molecule has 29 heavy (non-hydrogen) atoms. The molecule has 9 nitrogen and oxygen atoms in total. The highest BCUT2D eigenvalue weighted by Gasteiger charge is 2.27. The largest absolute Gasteiger partial charge is 0.480 e. The van der Waals surface area contributed by atoms with Gasteiger partial charge in [0.2, 0.25) is 0 Å². The number of guanidine groups is 1. The molecule has 1 aliphatic rings. The first-order valence-corrected chi connectivity index (χ1v) is 10.0. The molecule has 0 saturated heterocycles. The van der Waals surface area contributed by atoms with E-state index in [1.54, 1.807) is 12.1 Å². The summed E-state index contributed by atoms with van der Waals surface area (Å²) in [6.45, 7) is 3.20. The van der Waals surface area contributed by atoms with E-state index < -0.39 is 18.1 Å². The summed E-state index contributed by atoms with van der Waals surface area (Å²) >= 11 is 0. The Morgan fingerprint density at radius 2 is 2.14 bits per heavy atom. The number of hydrogen-bond acceptors (Lipinski definition) is 5. The second-order valence-electron chi connectivity index (χ2n) is 7.13. The number of fused-ring (bicyclic) bond motifs is 1. The van der Waals surface area contributed by atoms with Gasteiger partial charge in [-0.1, -0.05) is 25.8 Å². The molecule has 0 aromatic heterocycles. The molecule has 2 rings (SSSR count). The molecule has 0 saturated carbocycles. The highest BCUT2D eigenvalue weighted by molar-refractivity contribution is 5.97. The molecule has 7 N–H and O–H groups in total. The van der Waals surface area contributed by atoms with Gasteiger partial charge in [-0.2, -0.15) is 0 Å². The number of nitrogens with two attached hydrogens (primary N) is 2. The van der Waals surface area contributed by atoms with E-state index in [4.69, 9.17) is 16.2 Å². The Morgan fingerprint density at radius 1 is 1.34 bits per heavy atom. The van der Waals surface area contributed by atoms with Gasteiger partial charge in [-0.15, -0.1) is 0 Å². The predicted molar refractivity (Wildman–Crippen MR) is 112 cm³/mol. The first kappa shape index (κ1) is 22.5. The Balaban J connectivity index is 1.95. The summed E-state index contributed by atoms with van der Waals surface area (Å²) in [6, 6.07) is 4.69. The minimum atomic E-state index is -0.889. The summed E-state index contributed by atoms with van der Waals surface area (Å²) in [6.07, 6.45) is 3.92. The van der Waals surface area contributed by atoms with Gasteiger partial charge in [0.05, 0.1) is 5.69 Å². The van der Waals surface area contributed by atoms with Crippen molar-refractivity contribution in [3.63, 3.8) is 0 Å². The minimum Gasteiger partial charge on any atom is -0.480 e. The van der Waals surface area contributed by atoms with Crippen LogP contribution in [-0.2, 0) is 16.0 Å². The number of carbonyl (C=O) groups is 2. The third-order valence-corrected chi connectivity index (χ3v) is 4.69. The maximum absolute atomic E-state index is 12.3.